The van der Waals surface area contributed by atoms with Crippen molar-refractivity contribution in [1.82, 2.24) is 9.80 Å². The predicted octanol–water partition coefficient (Wildman–Crippen LogP) is 2.43. The van der Waals surface area contributed by atoms with Gasteiger partial charge in [-0.1, -0.05) is 13.3 Å². The fraction of sp³-hybridized carbons (Fsp3) is 0.600. The van der Waals surface area contributed by atoms with Crippen molar-refractivity contribution in [2.45, 2.75) is 51.6 Å². The van der Waals surface area contributed by atoms with Crippen LogP contribution >= 0.6 is 0 Å². The maximum atomic E-state index is 13.4. The minimum absolute atomic E-state index is 0.00197. The van der Waals surface area contributed by atoms with E-state index in [2.05, 4.69) is 0 Å². The highest BCUT2D eigenvalue weighted by Gasteiger charge is 2.45. The van der Waals surface area contributed by atoms with Crippen LogP contribution in [0.1, 0.15) is 44.6 Å². The third kappa shape index (κ3) is 4.46. The first-order chi connectivity index (χ1) is 12.8. The number of rotatable bonds is 5. The summed E-state index contributed by atoms with van der Waals surface area (Å²) in [6.45, 7) is 3.98. The molecule has 0 unspecified atom stereocenters. The summed E-state index contributed by atoms with van der Waals surface area (Å²) in [7, 11) is 0. The molecule has 2 aliphatic rings. The highest BCUT2D eigenvalue weighted by molar-refractivity contribution is 5.82. The topological polar surface area (TPSA) is 66.6 Å². The number of piperidine rings is 1. The van der Waals surface area contributed by atoms with Crippen LogP contribution in [0.3, 0.4) is 0 Å². The number of carbonyl (C=O) groups is 2. The van der Waals surface area contributed by atoms with Gasteiger partial charge in [0, 0.05) is 44.1 Å². The third-order valence-corrected chi connectivity index (χ3v) is 5.75. The van der Waals surface area contributed by atoms with Gasteiger partial charge in [-0.2, -0.15) is 0 Å². The second-order valence-corrected chi connectivity index (χ2v) is 7.92. The molecule has 0 aliphatic carbocycles. The molecule has 3 rings (SSSR count). The van der Waals surface area contributed by atoms with E-state index < -0.39 is 17.7 Å². The van der Waals surface area contributed by atoms with Crippen molar-refractivity contribution in [3.8, 4) is 0 Å². The zero-order valence-electron chi connectivity index (χ0n) is 15.7. The summed E-state index contributed by atoms with van der Waals surface area (Å²) in [4.78, 5) is 28.3. The van der Waals surface area contributed by atoms with Crippen LogP contribution < -0.4 is 5.73 Å². The second-order valence-electron chi connectivity index (χ2n) is 7.92. The number of halogens is 2. The summed E-state index contributed by atoms with van der Waals surface area (Å²) in [5.74, 6) is -1.28. The molecule has 0 radical (unpaired) electrons. The van der Waals surface area contributed by atoms with Crippen molar-refractivity contribution in [1.29, 1.82) is 0 Å². The van der Waals surface area contributed by atoms with Gasteiger partial charge in [0.15, 0.2) is 0 Å². The molecule has 2 saturated heterocycles. The van der Waals surface area contributed by atoms with Crippen LogP contribution in [0, 0.1) is 17.0 Å². The Balaban J connectivity index is 1.60. The van der Waals surface area contributed by atoms with Gasteiger partial charge in [0.1, 0.15) is 11.6 Å². The van der Waals surface area contributed by atoms with Crippen molar-refractivity contribution < 1.29 is 18.4 Å². The van der Waals surface area contributed by atoms with Gasteiger partial charge in [-0.3, -0.25) is 9.59 Å². The number of benzene rings is 1. The van der Waals surface area contributed by atoms with Gasteiger partial charge in [-0.05, 0) is 37.0 Å². The summed E-state index contributed by atoms with van der Waals surface area (Å²) in [5, 5.41) is 0. The van der Waals surface area contributed by atoms with E-state index in [9.17, 15) is 18.4 Å². The molecule has 0 aromatic heterocycles. The molecule has 1 atom stereocenters. The van der Waals surface area contributed by atoms with Gasteiger partial charge in [-0.25, -0.2) is 8.78 Å². The lowest BCUT2D eigenvalue weighted by Crippen LogP contribution is -2.49. The van der Waals surface area contributed by atoms with Crippen molar-refractivity contribution in [2.75, 3.05) is 19.6 Å². The maximum absolute atomic E-state index is 13.4. The number of amides is 2. The summed E-state index contributed by atoms with van der Waals surface area (Å²) < 4.78 is 26.8. The molecule has 7 heteroatoms. The molecule has 2 heterocycles. The average molecular weight is 379 g/mol. The van der Waals surface area contributed by atoms with Crippen LogP contribution in [0.5, 0.6) is 0 Å². The number of hydrogen-bond acceptors (Lipinski definition) is 3. The lowest BCUT2D eigenvalue weighted by atomic mass is 9.77. The van der Waals surface area contributed by atoms with Crippen molar-refractivity contribution in [3.05, 3.63) is 35.4 Å². The van der Waals surface area contributed by atoms with E-state index in [1.54, 1.807) is 9.80 Å². The molecule has 5 nitrogen and oxygen atoms in total. The van der Waals surface area contributed by atoms with E-state index >= 15 is 0 Å². The molecule has 2 amide bonds. The fourth-order valence-corrected chi connectivity index (χ4v) is 4.25. The molecule has 1 aromatic rings. The summed E-state index contributed by atoms with van der Waals surface area (Å²) >= 11 is 0. The Bertz CT molecular complexity index is 697. The van der Waals surface area contributed by atoms with Gasteiger partial charge in [0.05, 0.1) is 6.04 Å². The van der Waals surface area contributed by atoms with E-state index in [1.807, 2.05) is 6.92 Å². The van der Waals surface area contributed by atoms with E-state index in [4.69, 9.17) is 5.73 Å². The van der Waals surface area contributed by atoms with Crippen molar-refractivity contribution in [3.63, 3.8) is 0 Å². The van der Waals surface area contributed by atoms with Gasteiger partial charge in [-0.15, -0.1) is 0 Å². The third-order valence-electron chi connectivity index (χ3n) is 5.75. The lowest BCUT2D eigenvalue weighted by Gasteiger charge is -2.39. The summed E-state index contributed by atoms with van der Waals surface area (Å²) in [5.41, 5.74) is 6.24. The minimum atomic E-state index is -0.637. The SMILES string of the molecule is CCC[C@H](N)C(=O)N1CCC2(CC1)CC(=O)N(Cc1cc(F)cc(F)c1)C2. The zero-order chi connectivity index (χ0) is 19.6. The highest BCUT2D eigenvalue weighted by atomic mass is 19.1. The number of likely N-dealkylation sites (tertiary alicyclic amines) is 2. The number of carbonyl (C=O) groups excluding carboxylic acids is 2. The summed E-state index contributed by atoms with van der Waals surface area (Å²) in [6.07, 6.45) is 3.47. The Kier molecular flexibility index (Phi) is 5.79. The van der Waals surface area contributed by atoms with Crippen LogP contribution in [0.4, 0.5) is 8.78 Å². The number of nitrogens with two attached hydrogens (primary N) is 1. The van der Waals surface area contributed by atoms with Gasteiger partial charge < -0.3 is 15.5 Å². The van der Waals surface area contributed by atoms with Gasteiger partial charge in [0.2, 0.25) is 11.8 Å². The standard InChI is InChI=1S/C20H27F2N3O2/c1-2-3-17(23)19(27)24-6-4-20(5-7-24)11-18(26)25(13-20)12-14-8-15(21)10-16(22)9-14/h8-10,17H,2-7,11-13,23H2,1H3/t17-/m0/s1. The molecule has 1 spiro atoms. The first-order valence-electron chi connectivity index (χ1n) is 9.59. The fourth-order valence-electron chi connectivity index (χ4n) is 4.25. The summed E-state index contributed by atoms with van der Waals surface area (Å²) in [6, 6.07) is 2.90. The van der Waals surface area contributed by atoms with Crippen LogP contribution in [-0.4, -0.2) is 47.3 Å². The van der Waals surface area contributed by atoms with Gasteiger partial charge in [0.25, 0.3) is 0 Å². The Labute approximate surface area is 158 Å². The maximum Gasteiger partial charge on any atom is 0.239 e. The zero-order valence-corrected chi connectivity index (χ0v) is 15.7. The molecular weight excluding hydrogens is 352 g/mol. The Hall–Kier alpha value is -2.02. The van der Waals surface area contributed by atoms with Crippen molar-refractivity contribution in [2.24, 2.45) is 11.1 Å². The largest absolute Gasteiger partial charge is 0.341 e. The Morgan fingerprint density at radius 3 is 2.44 bits per heavy atom. The average Bonchev–Trinajstić information content (AvgIpc) is 2.89. The normalized spacial score (nSPS) is 20.4. The first kappa shape index (κ1) is 19.7. The molecule has 1 aromatic carbocycles. The van der Waals surface area contributed by atoms with Crippen LogP contribution in [-0.2, 0) is 16.1 Å². The van der Waals surface area contributed by atoms with Crippen molar-refractivity contribution >= 4 is 11.8 Å². The molecule has 27 heavy (non-hydrogen) atoms. The smallest absolute Gasteiger partial charge is 0.239 e. The highest BCUT2D eigenvalue weighted by Crippen LogP contribution is 2.41. The molecule has 148 valence electrons. The molecule has 0 saturated carbocycles. The molecule has 2 N–H and O–H groups in total. The quantitative estimate of drug-likeness (QED) is 0.855. The Morgan fingerprint density at radius 2 is 1.85 bits per heavy atom. The molecule has 2 aliphatic heterocycles. The molecule has 0 bridgehead atoms. The second kappa shape index (κ2) is 7.92. The molecule has 2 fully saturated rings. The first-order valence-corrected chi connectivity index (χ1v) is 9.59. The minimum Gasteiger partial charge on any atom is -0.341 e. The monoisotopic (exact) mass is 379 g/mol. The molecular formula is C20H27F2N3O2. The predicted molar refractivity (Wildman–Crippen MR) is 97.5 cm³/mol. The van der Waals surface area contributed by atoms with Crippen LogP contribution in [0.15, 0.2) is 18.2 Å². The van der Waals surface area contributed by atoms with E-state index in [1.165, 1.54) is 12.1 Å². The van der Waals surface area contributed by atoms with E-state index in [0.29, 0.717) is 38.0 Å². The van der Waals surface area contributed by atoms with Crippen LogP contribution in [0.25, 0.3) is 0 Å². The Morgan fingerprint density at radius 1 is 1.22 bits per heavy atom. The lowest BCUT2D eigenvalue weighted by molar-refractivity contribution is -0.135. The van der Waals surface area contributed by atoms with E-state index in [0.717, 1.165) is 25.3 Å². The van der Waals surface area contributed by atoms with Crippen LogP contribution in [0.2, 0.25) is 0 Å². The van der Waals surface area contributed by atoms with Gasteiger partial charge >= 0.3 is 0 Å². The number of nitrogens with zero attached hydrogens (tertiary/aromatic N) is 2. The number of hydrogen-bond donors (Lipinski definition) is 1. The van der Waals surface area contributed by atoms with E-state index in [-0.39, 0.29) is 23.8 Å².